The van der Waals surface area contributed by atoms with Crippen molar-refractivity contribution in [1.29, 1.82) is 0 Å². The standard InChI is InChI=1S/C13H14BrClN4O2/c1-2-8(6-11(20)21)7-19-13(16-17-18-19)9-4-3-5-10(14)12(9)15/h3-5,8H,2,6-7H2,1H3,(H,20,21). The third-order valence-electron chi connectivity index (χ3n) is 3.20. The van der Waals surface area contributed by atoms with E-state index in [1.807, 2.05) is 25.1 Å². The maximum atomic E-state index is 10.9. The molecule has 1 heterocycles. The number of carboxylic acids is 1. The summed E-state index contributed by atoms with van der Waals surface area (Å²) in [6.45, 7) is 2.39. The summed E-state index contributed by atoms with van der Waals surface area (Å²) in [7, 11) is 0. The molecule has 0 aliphatic heterocycles. The van der Waals surface area contributed by atoms with Crippen molar-refractivity contribution in [2.45, 2.75) is 26.3 Å². The molecule has 0 amide bonds. The van der Waals surface area contributed by atoms with Gasteiger partial charge < -0.3 is 5.11 Å². The van der Waals surface area contributed by atoms with Crippen molar-refractivity contribution in [1.82, 2.24) is 20.2 Å². The second-order valence-electron chi connectivity index (χ2n) is 4.66. The van der Waals surface area contributed by atoms with Crippen LogP contribution in [-0.4, -0.2) is 31.3 Å². The summed E-state index contributed by atoms with van der Waals surface area (Å²) >= 11 is 9.63. The number of rotatable bonds is 6. The minimum Gasteiger partial charge on any atom is -0.481 e. The van der Waals surface area contributed by atoms with E-state index in [1.165, 1.54) is 0 Å². The van der Waals surface area contributed by atoms with Crippen LogP contribution in [0.5, 0.6) is 0 Å². The average Bonchev–Trinajstić information content (AvgIpc) is 2.88. The smallest absolute Gasteiger partial charge is 0.303 e. The van der Waals surface area contributed by atoms with Crippen LogP contribution in [0.2, 0.25) is 5.02 Å². The second kappa shape index (κ2) is 7.00. The molecule has 1 N–H and O–H groups in total. The van der Waals surface area contributed by atoms with Gasteiger partial charge in [-0.1, -0.05) is 31.0 Å². The Hall–Kier alpha value is -1.47. The van der Waals surface area contributed by atoms with Crippen LogP contribution in [-0.2, 0) is 11.3 Å². The van der Waals surface area contributed by atoms with Crippen molar-refractivity contribution in [3.8, 4) is 11.4 Å². The summed E-state index contributed by atoms with van der Waals surface area (Å²) in [5.74, 6) is -0.322. The number of carbonyl (C=O) groups is 1. The summed E-state index contributed by atoms with van der Waals surface area (Å²) in [5, 5.41) is 21.1. The molecule has 1 aromatic carbocycles. The van der Waals surface area contributed by atoms with Crippen LogP contribution >= 0.6 is 27.5 Å². The molecule has 0 spiro atoms. The van der Waals surface area contributed by atoms with Crippen molar-refractivity contribution in [2.75, 3.05) is 0 Å². The van der Waals surface area contributed by atoms with Gasteiger partial charge in [-0.25, -0.2) is 4.68 Å². The number of hydrogen-bond donors (Lipinski definition) is 1. The Kier molecular flexibility index (Phi) is 5.30. The minimum atomic E-state index is -0.822. The van der Waals surface area contributed by atoms with Gasteiger partial charge in [0, 0.05) is 23.0 Å². The number of aromatic nitrogens is 4. The molecule has 0 bridgehead atoms. The lowest BCUT2D eigenvalue weighted by Crippen LogP contribution is -2.16. The molecule has 112 valence electrons. The first-order chi connectivity index (χ1) is 10.0. The van der Waals surface area contributed by atoms with Crippen molar-refractivity contribution >= 4 is 33.5 Å². The molecule has 0 saturated heterocycles. The highest BCUT2D eigenvalue weighted by Gasteiger charge is 2.18. The van der Waals surface area contributed by atoms with E-state index in [-0.39, 0.29) is 12.3 Å². The Labute approximate surface area is 135 Å². The summed E-state index contributed by atoms with van der Waals surface area (Å²) in [6.07, 6.45) is 0.819. The highest BCUT2D eigenvalue weighted by atomic mass is 79.9. The zero-order chi connectivity index (χ0) is 15.4. The van der Waals surface area contributed by atoms with E-state index in [4.69, 9.17) is 16.7 Å². The van der Waals surface area contributed by atoms with Gasteiger partial charge in [-0.15, -0.1) is 5.10 Å². The summed E-state index contributed by atoms with van der Waals surface area (Å²) in [5.41, 5.74) is 0.709. The van der Waals surface area contributed by atoms with Gasteiger partial charge in [-0.05, 0) is 44.4 Å². The molecule has 0 radical (unpaired) electrons. The molecule has 0 aliphatic carbocycles. The molecule has 2 aromatic rings. The molecular formula is C13H14BrClN4O2. The van der Waals surface area contributed by atoms with Gasteiger partial charge in [0.2, 0.25) is 0 Å². The summed E-state index contributed by atoms with van der Waals surface area (Å²) < 4.78 is 2.36. The number of carboxylic acid groups (broad SMARTS) is 1. The first-order valence-electron chi connectivity index (χ1n) is 6.45. The van der Waals surface area contributed by atoms with E-state index >= 15 is 0 Å². The third-order valence-corrected chi connectivity index (χ3v) is 4.49. The minimum absolute atomic E-state index is 0.0318. The summed E-state index contributed by atoms with van der Waals surface area (Å²) in [4.78, 5) is 10.9. The average molecular weight is 374 g/mol. The Morgan fingerprint density at radius 2 is 2.29 bits per heavy atom. The molecule has 0 fully saturated rings. The van der Waals surface area contributed by atoms with Crippen LogP contribution < -0.4 is 0 Å². The predicted octanol–water partition coefficient (Wildman–Crippen LogP) is 3.26. The van der Waals surface area contributed by atoms with Gasteiger partial charge in [0.05, 0.1) is 5.02 Å². The Balaban J connectivity index is 2.30. The fourth-order valence-electron chi connectivity index (χ4n) is 2.03. The number of nitrogens with zero attached hydrogens (tertiary/aromatic N) is 4. The first-order valence-corrected chi connectivity index (χ1v) is 7.62. The molecular weight excluding hydrogens is 360 g/mol. The maximum absolute atomic E-state index is 10.9. The highest BCUT2D eigenvalue weighted by molar-refractivity contribution is 9.10. The molecule has 2 rings (SSSR count). The first kappa shape index (κ1) is 15.9. The van der Waals surface area contributed by atoms with Crippen LogP contribution in [0, 0.1) is 5.92 Å². The summed E-state index contributed by atoms with van der Waals surface area (Å²) in [6, 6.07) is 5.51. The molecule has 0 saturated carbocycles. The monoisotopic (exact) mass is 372 g/mol. The number of hydrogen-bond acceptors (Lipinski definition) is 4. The molecule has 21 heavy (non-hydrogen) atoms. The number of benzene rings is 1. The van der Waals surface area contributed by atoms with Crippen LogP contribution in [0.15, 0.2) is 22.7 Å². The fourth-order valence-corrected chi connectivity index (χ4v) is 2.60. The van der Waals surface area contributed by atoms with Crippen LogP contribution in [0.1, 0.15) is 19.8 Å². The van der Waals surface area contributed by atoms with Crippen molar-refractivity contribution in [3.05, 3.63) is 27.7 Å². The zero-order valence-corrected chi connectivity index (χ0v) is 13.7. The van der Waals surface area contributed by atoms with Gasteiger partial charge in [-0.2, -0.15) is 0 Å². The van der Waals surface area contributed by atoms with Crippen LogP contribution in [0.25, 0.3) is 11.4 Å². The lowest BCUT2D eigenvalue weighted by Gasteiger charge is -2.13. The van der Waals surface area contributed by atoms with Crippen molar-refractivity contribution in [2.24, 2.45) is 5.92 Å². The molecule has 1 atom stereocenters. The van der Waals surface area contributed by atoms with E-state index in [1.54, 1.807) is 4.68 Å². The van der Waals surface area contributed by atoms with Gasteiger partial charge in [0.1, 0.15) is 0 Å². The van der Waals surface area contributed by atoms with E-state index in [2.05, 4.69) is 31.5 Å². The van der Waals surface area contributed by atoms with Gasteiger partial charge in [0.25, 0.3) is 0 Å². The molecule has 1 unspecified atom stereocenters. The second-order valence-corrected chi connectivity index (χ2v) is 5.89. The molecule has 0 aliphatic rings. The van der Waals surface area contributed by atoms with Crippen molar-refractivity contribution in [3.63, 3.8) is 0 Å². The largest absolute Gasteiger partial charge is 0.481 e. The Morgan fingerprint density at radius 1 is 1.52 bits per heavy atom. The fraction of sp³-hybridized carbons (Fsp3) is 0.385. The van der Waals surface area contributed by atoms with E-state index in [0.717, 1.165) is 10.9 Å². The zero-order valence-electron chi connectivity index (χ0n) is 11.3. The lowest BCUT2D eigenvalue weighted by atomic mass is 10.0. The number of tetrazole rings is 1. The maximum Gasteiger partial charge on any atom is 0.303 e. The third kappa shape index (κ3) is 3.79. The van der Waals surface area contributed by atoms with Gasteiger partial charge >= 0.3 is 5.97 Å². The van der Waals surface area contributed by atoms with Gasteiger partial charge in [0.15, 0.2) is 5.82 Å². The topological polar surface area (TPSA) is 80.9 Å². The van der Waals surface area contributed by atoms with E-state index in [0.29, 0.717) is 23.0 Å². The van der Waals surface area contributed by atoms with Crippen LogP contribution in [0.3, 0.4) is 0 Å². The molecule has 6 nitrogen and oxygen atoms in total. The number of halogens is 2. The SMILES string of the molecule is CCC(CC(=O)O)Cn1nnnc1-c1cccc(Br)c1Cl. The van der Waals surface area contributed by atoms with Crippen molar-refractivity contribution < 1.29 is 9.90 Å². The van der Waals surface area contributed by atoms with Crippen LogP contribution in [0.4, 0.5) is 0 Å². The Bertz CT molecular complexity index is 647. The molecule has 1 aromatic heterocycles. The van der Waals surface area contributed by atoms with E-state index < -0.39 is 5.97 Å². The normalized spacial score (nSPS) is 12.3. The molecule has 8 heteroatoms. The predicted molar refractivity (Wildman–Crippen MR) is 82.0 cm³/mol. The highest BCUT2D eigenvalue weighted by Crippen LogP contribution is 2.32. The number of aliphatic carboxylic acids is 1. The Morgan fingerprint density at radius 3 is 2.95 bits per heavy atom. The quantitative estimate of drug-likeness (QED) is 0.840. The van der Waals surface area contributed by atoms with E-state index in [9.17, 15) is 4.79 Å². The van der Waals surface area contributed by atoms with Gasteiger partial charge in [-0.3, -0.25) is 4.79 Å². The lowest BCUT2D eigenvalue weighted by molar-refractivity contribution is -0.138.